The number of nitrogens with zero attached hydrogens (tertiary/aromatic N) is 2. The Kier molecular flexibility index (Phi) is 26.3. The normalized spacial score (nSPS) is 16.5. The van der Waals surface area contributed by atoms with Crippen molar-refractivity contribution in [3.8, 4) is 11.1 Å². The molecule has 0 aliphatic carbocycles. The van der Waals surface area contributed by atoms with Crippen LogP contribution in [0.2, 0.25) is 0 Å². The Bertz CT molecular complexity index is 1130. The maximum atomic E-state index is 5.86. The molecule has 0 N–H and O–H groups in total. The summed E-state index contributed by atoms with van der Waals surface area (Å²) in [5, 5.41) is 0. The first-order valence-corrected chi connectivity index (χ1v) is 25.7. The topological polar surface area (TPSA) is 18.5 Å². The fourth-order valence-electron chi connectivity index (χ4n) is 10.0. The second-order valence-electron chi connectivity index (χ2n) is 19.2. The first-order chi connectivity index (χ1) is 28.7. The van der Waals surface area contributed by atoms with E-state index in [0.717, 1.165) is 65.7 Å². The highest BCUT2D eigenvalue weighted by molar-refractivity contribution is 5.63. The van der Waals surface area contributed by atoms with E-state index in [1.54, 1.807) is 0 Å². The zero-order valence-corrected chi connectivity index (χ0v) is 38.6. The highest BCUT2D eigenvalue weighted by atomic mass is 16.5. The van der Waals surface area contributed by atoms with Gasteiger partial charge in [-0.3, -0.25) is 0 Å². The van der Waals surface area contributed by atoms with Gasteiger partial charge in [-0.2, -0.15) is 0 Å². The molecular formula is C54H94N2O2+2. The van der Waals surface area contributed by atoms with Crippen LogP contribution in [-0.2, 0) is 22.6 Å². The minimum absolute atomic E-state index is 0.912. The minimum atomic E-state index is 0.912. The van der Waals surface area contributed by atoms with E-state index >= 15 is 0 Å². The molecule has 58 heavy (non-hydrogen) atoms. The lowest BCUT2D eigenvalue weighted by Gasteiger charge is -2.41. The third kappa shape index (κ3) is 20.7. The second-order valence-corrected chi connectivity index (χ2v) is 19.2. The van der Waals surface area contributed by atoms with Crippen molar-refractivity contribution in [2.45, 2.75) is 207 Å². The number of quaternary nitrogens is 2. The first-order valence-electron chi connectivity index (χ1n) is 25.7. The number of hydrogen-bond acceptors (Lipinski definition) is 2. The number of ether oxygens (including phenoxy) is 2. The van der Waals surface area contributed by atoms with Crippen molar-refractivity contribution in [3.05, 3.63) is 59.7 Å². The monoisotopic (exact) mass is 803 g/mol. The summed E-state index contributed by atoms with van der Waals surface area (Å²) in [5.41, 5.74) is 5.65. The smallest absolute Gasteiger partial charge is 0.104 e. The third-order valence-corrected chi connectivity index (χ3v) is 14.1. The van der Waals surface area contributed by atoms with Crippen molar-refractivity contribution >= 4 is 0 Å². The van der Waals surface area contributed by atoms with E-state index in [2.05, 4.69) is 62.4 Å². The van der Waals surface area contributed by atoms with Crippen molar-refractivity contribution < 1.29 is 18.4 Å². The molecule has 2 aromatic carbocycles. The molecule has 0 saturated carbocycles. The first kappa shape index (κ1) is 48.9. The average molecular weight is 803 g/mol. The van der Waals surface area contributed by atoms with Crippen LogP contribution in [0.1, 0.15) is 205 Å². The molecular weight excluding hydrogens is 709 g/mol. The van der Waals surface area contributed by atoms with E-state index in [9.17, 15) is 0 Å². The van der Waals surface area contributed by atoms with E-state index < -0.39 is 0 Å². The molecule has 0 spiro atoms. The van der Waals surface area contributed by atoms with Gasteiger partial charge in [0.1, 0.15) is 39.3 Å². The Morgan fingerprint density at radius 3 is 0.828 bits per heavy atom. The van der Waals surface area contributed by atoms with E-state index in [-0.39, 0.29) is 0 Å². The molecule has 4 nitrogen and oxygen atoms in total. The van der Waals surface area contributed by atoms with Crippen molar-refractivity contribution in [1.29, 1.82) is 0 Å². The molecule has 4 rings (SSSR count). The van der Waals surface area contributed by atoms with Crippen molar-refractivity contribution in [1.82, 2.24) is 0 Å². The van der Waals surface area contributed by atoms with Gasteiger partial charge in [0.15, 0.2) is 0 Å². The Balaban J connectivity index is 1.12. The Hall–Kier alpha value is -1.72. The van der Waals surface area contributed by atoms with Gasteiger partial charge in [-0.15, -0.1) is 0 Å². The minimum Gasteiger partial charge on any atom is -0.370 e. The SMILES string of the molecule is CCCCCCCCCCCCCCCC[N+]1(Cc2ccc(-c3ccc(C[N+]4(CCCCCCCCCCCCCCCC)CCOCC4)cc3)cc2)CCOCC1. The predicted molar refractivity (Wildman–Crippen MR) is 251 cm³/mol. The molecule has 330 valence electrons. The highest BCUT2D eigenvalue weighted by Crippen LogP contribution is 2.26. The summed E-state index contributed by atoms with van der Waals surface area (Å²) in [6.45, 7) is 17.8. The third-order valence-electron chi connectivity index (χ3n) is 14.1. The van der Waals surface area contributed by atoms with Gasteiger partial charge >= 0.3 is 0 Å². The lowest BCUT2D eigenvalue weighted by molar-refractivity contribution is -0.947. The lowest BCUT2D eigenvalue weighted by Crippen LogP contribution is -2.54. The van der Waals surface area contributed by atoms with E-state index in [1.165, 1.54) is 224 Å². The average Bonchev–Trinajstić information content (AvgIpc) is 3.25. The molecule has 2 aromatic rings. The molecule has 0 radical (unpaired) electrons. The van der Waals surface area contributed by atoms with Gasteiger partial charge in [0.05, 0.1) is 39.5 Å². The van der Waals surface area contributed by atoms with Gasteiger partial charge in [-0.25, -0.2) is 0 Å². The van der Waals surface area contributed by atoms with Crippen LogP contribution in [0.5, 0.6) is 0 Å². The Morgan fingerprint density at radius 2 is 0.569 bits per heavy atom. The fraction of sp³-hybridized carbons (Fsp3) is 0.778. The highest BCUT2D eigenvalue weighted by Gasteiger charge is 2.31. The van der Waals surface area contributed by atoms with Crippen molar-refractivity contribution in [2.24, 2.45) is 0 Å². The molecule has 2 saturated heterocycles. The van der Waals surface area contributed by atoms with E-state index in [1.807, 2.05) is 0 Å². The molecule has 0 bridgehead atoms. The lowest BCUT2D eigenvalue weighted by atomic mass is 10.0. The fourth-order valence-corrected chi connectivity index (χ4v) is 10.0. The number of morpholine rings is 2. The molecule has 4 heteroatoms. The van der Waals surface area contributed by atoms with Gasteiger partial charge in [0.2, 0.25) is 0 Å². The summed E-state index contributed by atoms with van der Waals surface area (Å²) in [6, 6.07) is 19.1. The maximum Gasteiger partial charge on any atom is 0.104 e. The standard InChI is InChI=1S/C54H94N2O2/c1-3-5-7-9-11-13-15-17-19-21-23-25-27-29-39-55(41-45-57-46-42-55)49-51-31-35-53(36-32-51)54-37-33-52(34-38-54)50-56(43-47-58-48-44-56)40-30-28-26-24-22-20-18-16-14-12-10-8-6-4-2/h31-38H,3-30,39-50H2,1-2H3/q+2. The van der Waals surface area contributed by atoms with Gasteiger partial charge < -0.3 is 18.4 Å². The zero-order chi connectivity index (χ0) is 40.7. The Labute approximate surface area is 360 Å². The predicted octanol–water partition coefficient (Wildman–Crippen LogP) is 15.0. The van der Waals surface area contributed by atoms with Crippen LogP contribution in [0.25, 0.3) is 11.1 Å². The molecule has 0 unspecified atom stereocenters. The van der Waals surface area contributed by atoms with Gasteiger partial charge in [0, 0.05) is 11.1 Å². The van der Waals surface area contributed by atoms with E-state index in [4.69, 9.17) is 9.47 Å². The molecule has 0 atom stereocenters. The molecule has 2 aliphatic heterocycles. The summed E-state index contributed by atoms with van der Waals surface area (Å²) >= 11 is 0. The largest absolute Gasteiger partial charge is 0.370 e. The number of hydrogen-bond donors (Lipinski definition) is 0. The molecule has 2 aliphatic rings. The Morgan fingerprint density at radius 1 is 0.328 bits per heavy atom. The quantitative estimate of drug-likeness (QED) is 0.0510. The van der Waals surface area contributed by atoms with Crippen LogP contribution in [0, 0.1) is 0 Å². The maximum absolute atomic E-state index is 5.86. The number of benzene rings is 2. The van der Waals surface area contributed by atoms with Gasteiger partial charge in [-0.05, 0) is 36.8 Å². The van der Waals surface area contributed by atoms with Crippen LogP contribution in [-0.4, -0.2) is 74.7 Å². The van der Waals surface area contributed by atoms with Crippen LogP contribution >= 0.6 is 0 Å². The van der Waals surface area contributed by atoms with Crippen LogP contribution < -0.4 is 0 Å². The second kappa shape index (κ2) is 31.2. The van der Waals surface area contributed by atoms with Crippen molar-refractivity contribution in [2.75, 3.05) is 65.7 Å². The van der Waals surface area contributed by atoms with Gasteiger partial charge in [-0.1, -0.05) is 216 Å². The molecule has 2 heterocycles. The molecule has 0 amide bonds. The van der Waals surface area contributed by atoms with E-state index in [0.29, 0.717) is 0 Å². The van der Waals surface area contributed by atoms with Crippen LogP contribution in [0.15, 0.2) is 48.5 Å². The molecule has 2 fully saturated rings. The summed E-state index contributed by atoms with van der Waals surface area (Å²) in [4.78, 5) is 0. The zero-order valence-electron chi connectivity index (χ0n) is 38.6. The summed E-state index contributed by atoms with van der Waals surface area (Å²) in [7, 11) is 0. The molecule has 0 aromatic heterocycles. The van der Waals surface area contributed by atoms with Crippen molar-refractivity contribution in [3.63, 3.8) is 0 Å². The summed E-state index contributed by atoms with van der Waals surface area (Å²) < 4.78 is 14.1. The summed E-state index contributed by atoms with van der Waals surface area (Å²) in [5.74, 6) is 0. The van der Waals surface area contributed by atoms with Gasteiger partial charge in [0.25, 0.3) is 0 Å². The number of rotatable bonds is 35. The van der Waals surface area contributed by atoms with Crippen LogP contribution in [0.3, 0.4) is 0 Å². The van der Waals surface area contributed by atoms with Crippen LogP contribution in [0.4, 0.5) is 0 Å². The summed E-state index contributed by atoms with van der Waals surface area (Å²) in [6.07, 6.45) is 39.9. The number of unbranched alkanes of at least 4 members (excludes halogenated alkanes) is 26.